The summed E-state index contributed by atoms with van der Waals surface area (Å²) < 4.78 is 6.48. The van der Waals surface area contributed by atoms with Crippen LogP contribution in [0.15, 0.2) is 77.2 Å². The van der Waals surface area contributed by atoms with Crippen molar-refractivity contribution >= 4 is 68.4 Å². The van der Waals surface area contributed by atoms with Gasteiger partial charge in [-0.2, -0.15) is 0 Å². The van der Waals surface area contributed by atoms with Crippen LogP contribution < -0.4 is 10.6 Å². The highest BCUT2D eigenvalue weighted by Gasteiger charge is 2.13. The maximum absolute atomic E-state index is 12.4. The van der Waals surface area contributed by atoms with Crippen molar-refractivity contribution in [3.8, 4) is 0 Å². The molecule has 0 aliphatic heterocycles. The molecule has 7 heteroatoms. The van der Waals surface area contributed by atoms with E-state index in [9.17, 15) is 9.59 Å². The van der Waals surface area contributed by atoms with Crippen molar-refractivity contribution in [2.24, 2.45) is 0 Å². The van der Waals surface area contributed by atoms with Crippen LogP contribution in [-0.4, -0.2) is 11.8 Å². The molecule has 0 bridgehead atoms. The van der Waals surface area contributed by atoms with Crippen molar-refractivity contribution in [1.29, 1.82) is 0 Å². The highest BCUT2D eigenvalue weighted by molar-refractivity contribution is 14.1. The quantitative estimate of drug-likeness (QED) is 0.318. The molecule has 0 saturated carbocycles. The van der Waals surface area contributed by atoms with E-state index < -0.39 is 0 Å². The minimum Gasteiger partial charge on any atom is -0.451 e. The molecule has 0 saturated heterocycles. The second kappa shape index (κ2) is 8.26. The summed E-state index contributed by atoms with van der Waals surface area (Å²) in [6, 6.07) is 21.2. The van der Waals surface area contributed by atoms with Gasteiger partial charge in [0.1, 0.15) is 5.58 Å². The summed E-state index contributed by atoms with van der Waals surface area (Å²) in [5.41, 5.74) is 2.23. The average Bonchev–Trinajstić information content (AvgIpc) is 3.16. The van der Waals surface area contributed by atoms with Crippen LogP contribution in [0.1, 0.15) is 20.9 Å². The van der Waals surface area contributed by atoms with Gasteiger partial charge in [-0.1, -0.05) is 29.8 Å². The molecular formula is C22H14ClIN2O3. The number of amides is 2. The van der Waals surface area contributed by atoms with Crippen LogP contribution in [0.3, 0.4) is 0 Å². The first-order chi connectivity index (χ1) is 14.0. The van der Waals surface area contributed by atoms with E-state index in [0.29, 0.717) is 27.5 Å². The first-order valence-corrected chi connectivity index (χ1v) is 10.1. The molecule has 29 heavy (non-hydrogen) atoms. The van der Waals surface area contributed by atoms with Crippen LogP contribution in [-0.2, 0) is 0 Å². The average molecular weight is 517 g/mol. The van der Waals surface area contributed by atoms with Crippen molar-refractivity contribution in [1.82, 2.24) is 0 Å². The minimum absolute atomic E-state index is 0.233. The third kappa shape index (κ3) is 4.44. The number of hydrogen-bond donors (Lipinski definition) is 2. The Kier molecular flexibility index (Phi) is 5.55. The second-order valence-corrected chi connectivity index (χ2v) is 7.91. The van der Waals surface area contributed by atoms with Crippen molar-refractivity contribution < 1.29 is 14.0 Å². The number of rotatable bonds is 4. The zero-order valence-electron chi connectivity index (χ0n) is 14.9. The highest BCUT2D eigenvalue weighted by Crippen LogP contribution is 2.22. The Labute approximate surface area is 185 Å². The van der Waals surface area contributed by atoms with Crippen LogP contribution >= 0.6 is 34.2 Å². The molecule has 0 unspecified atom stereocenters. The summed E-state index contributed by atoms with van der Waals surface area (Å²) in [6.07, 6.45) is 0. The first-order valence-electron chi connectivity index (χ1n) is 8.66. The summed E-state index contributed by atoms with van der Waals surface area (Å²) >= 11 is 8.23. The molecule has 0 fully saturated rings. The molecule has 2 amide bonds. The van der Waals surface area contributed by atoms with Gasteiger partial charge >= 0.3 is 0 Å². The number of hydrogen-bond acceptors (Lipinski definition) is 3. The highest BCUT2D eigenvalue weighted by atomic mass is 127. The molecule has 5 nitrogen and oxygen atoms in total. The molecule has 0 radical (unpaired) electrons. The Morgan fingerprint density at radius 2 is 1.48 bits per heavy atom. The molecule has 0 aliphatic carbocycles. The lowest BCUT2D eigenvalue weighted by Gasteiger charge is -2.09. The maximum Gasteiger partial charge on any atom is 0.291 e. The van der Waals surface area contributed by atoms with Gasteiger partial charge in [-0.25, -0.2) is 0 Å². The van der Waals surface area contributed by atoms with E-state index in [1.165, 1.54) is 0 Å². The topological polar surface area (TPSA) is 71.3 Å². The maximum atomic E-state index is 12.4. The normalized spacial score (nSPS) is 10.7. The van der Waals surface area contributed by atoms with E-state index >= 15 is 0 Å². The predicted molar refractivity (Wildman–Crippen MR) is 123 cm³/mol. The van der Waals surface area contributed by atoms with E-state index in [-0.39, 0.29) is 17.6 Å². The largest absolute Gasteiger partial charge is 0.451 e. The summed E-state index contributed by atoms with van der Waals surface area (Å²) in [5, 5.41) is 6.83. The molecule has 4 aromatic rings. The van der Waals surface area contributed by atoms with Crippen LogP contribution in [0.2, 0.25) is 5.02 Å². The van der Waals surface area contributed by atoms with Crippen molar-refractivity contribution in [3.63, 3.8) is 0 Å². The Balaban J connectivity index is 1.44. The standard InChI is InChI=1S/C22H14ClIN2O3/c23-18-10-5-14(24)12-17(18)21(27)25-15-6-8-16(9-7-15)26-22(28)20-11-13-3-1-2-4-19(13)29-20/h1-12H,(H,25,27)(H,26,28). The van der Waals surface area contributed by atoms with E-state index in [1.807, 2.05) is 30.3 Å². The first kappa shape index (κ1) is 19.5. The molecule has 0 atom stereocenters. The summed E-state index contributed by atoms with van der Waals surface area (Å²) in [4.78, 5) is 24.8. The van der Waals surface area contributed by atoms with Gasteiger partial charge in [0.05, 0.1) is 10.6 Å². The van der Waals surface area contributed by atoms with Crippen LogP contribution in [0.25, 0.3) is 11.0 Å². The van der Waals surface area contributed by atoms with Gasteiger partial charge in [0.15, 0.2) is 5.76 Å². The fraction of sp³-hybridized carbons (Fsp3) is 0. The monoisotopic (exact) mass is 516 g/mol. The molecule has 0 spiro atoms. The lowest BCUT2D eigenvalue weighted by Crippen LogP contribution is -2.13. The molecule has 2 N–H and O–H groups in total. The number of anilines is 2. The Morgan fingerprint density at radius 3 is 2.17 bits per heavy atom. The smallest absolute Gasteiger partial charge is 0.291 e. The number of fused-ring (bicyclic) bond motifs is 1. The number of benzene rings is 3. The summed E-state index contributed by atoms with van der Waals surface area (Å²) in [5.74, 6) is -0.409. The summed E-state index contributed by atoms with van der Waals surface area (Å²) in [7, 11) is 0. The van der Waals surface area contributed by atoms with E-state index in [4.69, 9.17) is 16.0 Å². The number of para-hydroxylation sites is 1. The minimum atomic E-state index is -0.344. The van der Waals surface area contributed by atoms with E-state index in [1.54, 1.807) is 42.5 Å². The Hall–Kier alpha value is -2.84. The number of nitrogens with one attached hydrogen (secondary N) is 2. The van der Waals surface area contributed by atoms with Crippen LogP contribution in [0.4, 0.5) is 11.4 Å². The van der Waals surface area contributed by atoms with Crippen molar-refractivity contribution in [2.45, 2.75) is 0 Å². The van der Waals surface area contributed by atoms with Crippen LogP contribution in [0.5, 0.6) is 0 Å². The molecule has 4 rings (SSSR count). The third-order valence-corrected chi connectivity index (χ3v) is 5.22. The fourth-order valence-electron chi connectivity index (χ4n) is 2.79. The second-order valence-electron chi connectivity index (χ2n) is 6.26. The number of carbonyl (C=O) groups is 2. The predicted octanol–water partition coefficient (Wildman–Crippen LogP) is 6.20. The molecule has 3 aromatic carbocycles. The fourth-order valence-corrected chi connectivity index (χ4v) is 3.49. The SMILES string of the molecule is O=C(Nc1ccc(NC(=O)c2cc(I)ccc2Cl)cc1)c1cc2ccccc2o1. The van der Waals surface area contributed by atoms with Gasteiger partial charge in [0, 0.05) is 20.3 Å². The van der Waals surface area contributed by atoms with E-state index in [2.05, 4.69) is 33.2 Å². The molecule has 1 aromatic heterocycles. The van der Waals surface area contributed by atoms with Crippen molar-refractivity contribution in [3.05, 3.63) is 92.7 Å². The van der Waals surface area contributed by atoms with Crippen molar-refractivity contribution in [2.75, 3.05) is 10.6 Å². The molecule has 0 aliphatic rings. The van der Waals surface area contributed by atoms with E-state index in [0.717, 1.165) is 8.96 Å². The Morgan fingerprint density at radius 1 is 0.828 bits per heavy atom. The van der Waals surface area contributed by atoms with Gasteiger partial charge in [-0.15, -0.1) is 0 Å². The third-order valence-electron chi connectivity index (χ3n) is 4.22. The number of halogens is 2. The molecule has 1 heterocycles. The number of carbonyl (C=O) groups excluding carboxylic acids is 2. The zero-order valence-corrected chi connectivity index (χ0v) is 17.8. The lowest BCUT2D eigenvalue weighted by atomic mass is 10.2. The van der Waals surface area contributed by atoms with Gasteiger partial charge in [-0.3, -0.25) is 9.59 Å². The summed E-state index contributed by atoms with van der Waals surface area (Å²) in [6.45, 7) is 0. The van der Waals surface area contributed by atoms with Crippen LogP contribution in [0, 0.1) is 3.57 Å². The molecule has 144 valence electrons. The Bertz CT molecular complexity index is 1190. The molecular weight excluding hydrogens is 503 g/mol. The zero-order chi connectivity index (χ0) is 20.4. The number of furan rings is 1. The van der Waals surface area contributed by atoms with Gasteiger partial charge in [-0.05, 0) is 77.2 Å². The lowest BCUT2D eigenvalue weighted by molar-refractivity contribution is 0.0996. The van der Waals surface area contributed by atoms with Gasteiger partial charge in [0.25, 0.3) is 11.8 Å². The van der Waals surface area contributed by atoms with Gasteiger partial charge in [0.2, 0.25) is 0 Å². The van der Waals surface area contributed by atoms with Gasteiger partial charge < -0.3 is 15.1 Å².